The van der Waals surface area contributed by atoms with Crippen molar-refractivity contribution >= 4 is 31.3 Å². The molecular formula is C11H6ClF2N3O3S. The number of nitrogens with zero attached hydrogens (tertiary/aromatic N) is 2. The molecule has 0 saturated carbocycles. The Morgan fingerprint density at radius 2 is 1.81 bits per heavy atom. The van der Waals surface area contributed by atoms with Gasteiger partial charge < -0.3 is 5.32 Å². The van der Waals surface area contributed by atoms with Crippen LogP contribution in [0.3, 0.4) is 0 Å². The van der Waals surface area contributed by atoms with Crippen molar-refractivity contribution < 1.29 is 22.0 Å². The zero-order chi connectivity index (χ0) is 15.6. The number of aromatic nitrogens is 2. The first-order valence-corrected chi connectivity index (χ1v) is 7.61. The zero-order valence-electron chi connectivity index (χ0n) is 10.0. The first-order valence-electron chi connectivity index (χ1n) is 5.31. The van der Waals surface area contributed by atoms with Crippen molar-refractivity contribution in [1.82, 2.24) is 10.2 Å². The van der Waals surface area contributed by atoms with E-state index in [2.05, 4.69) is 10.2 Å². The van der Waals surface area contributed by atoms with E-state index >= 15 is 0 Å². The summed E-state index contributed by atoms with van der Waals surface area (Å²) in [4.78, 5) is 11.0. The van der Waals surface area contributed by atoms with E-state index in [1.165, 1.54) is 12.3 Å². The maximum atomic E-state index is 13.7. The molecule has 1 N–H and O–H groups in total. The number of carbonyl (C=O) groups is 1. The second-order valence-corrected chi connectivity index (χ2v) is 6.35. The molecule has 0 radical (unpaired) electrons. The Morgan fingerprint density at radius 3 is 2.29 bits per heavy atom. The third-order valence-electron chi connectivity index (χ3n) is 2.38. The van der Waals surface area contributed by atoms with Crippen molar-refractivity contribution in [3.05, 3.63) is 47.8 Å². The highest BCUT2D eigenvalue weighted by Crippen LogP contribution is 2.25. The van der Waals surface area contributed by atoms with E-state index in [1.54, 1.807) is 0 Å². The van der Waals surface area contributed by atoms with Gasteiger partial charge in [0.15, 0.2) is 11.6 Å². The van der Waals surface area contributed by atoms with Gasteiger partial charge in [0.2, 0.25) is 0 Å². The molecule has 1 aromatic heterocycles. The van der Waals surface area contributed by atoms with Gasteiger partial charge in [0, 0.05) is 10.7 Å². The summed E-state index contributed by atoms with van der Waals surface area (Å²) in [5, 5.41) is 8.87. The molecule has 2 aromatic rings. The number of anilines is 1. The van der Waals surface area contributed by atoms with Gasteiger partial charge in [0.25, 0.3) is 15.0 Å². The Kier molecular flexibility index (Phi) is 4.14. The molecule has 110 valence electrons. The molecule has 10 heteroatoms. The third kappa shape index (κ3) is 3.50. The Morgan fingerprint density at radius 1 is 1.19 bits per heavy atom. The normalized spacial score (nSPS) is 11.2. The standard InChI is InChI=1S/C11H6ClF2N3O3S/c12-21(19,20)7-3-8(13)10(9(14)4-7)17-11(18)6-1-2-15-16-5-6/h1-5H,(H,17,18). The van der Waals surface area contributed by atoms with E-state index in [0.717, 1.165) is 6.20 Å². The Labute approximate surface area is 122 Å². The fourth-order valence-corrected chi connectivity index (χ4v) is 2.18. The second kappa shape index (κ2) is 5.70. The minimum absolute atomic E-state index is 0.0258. The quantitative estimate of drug-likeness (QED) is 0.867. The van der Waals surface area contributed by atoms with Crippen LogP contribution < -0.4 is 5.32 Å². The first kappa shape index (κ1) is 15.3. The molecule has 1 amide bonds. The molecule has 0 saturated heterocycles. The maximum absolute atomic E-state index is 13.7. The first-order chi connectivity index (χ1) is 9.79. The number of rotatable bonds is 3. The van der Waals surface area contributed by atoms with Gasteiger partial charge in [-0.1, -0.05) is 0 Å². The van der Waals surface area contributed by atoms with Crippen LogP contribution in [0.1, 0.15) is 10.4 Å². The molecule has 6 nitrogen and oxygen atoms in total. The predicted molar refractivity (Wildman–Crippen MR) is 69.4 cm³/mol. The van der Waals surface area contributed by atoms with Gasteiger partial charge in [-0.15, -0.1) is 0 Å². The Hall–Kier alpha value is -2.13. The van der Waals surface area contributed by atoms with Gasteiger partial charge in [-0.25, -0.2) is 17.2 Å². The Balaban J connectivity index is 2.36. The summed E-state index contributed by atoms with van der Waals surface area (Å²) < 4.78 is 49.5. The van der Waals surface area contributed by atoms with E-state index in [-0.39, 0.29) is 5.56 Å². The molecule has 0 aliphatic rings. The molecule has 0 aliphatic heterocycles. The number of carbonyl (C=O) groups excluding carboxylic acids is 1. The van der Waals surface area contributed by atoms with Crippen LogP contribution >= 0.6 is 10.7 Å². The summed E-state index contributed by atoms with van der Waals surface area (Å²) >= 11 is 0. The largest absolute Gasteiger partial charge is 0.317 e. The average Bonchev–Trinajstić information content (AvgIpc) is 2.42. The zero-order valence-corrected chi connectivity index (χ0v) is 11.6. The molecule has 0 aliphatic carbocycles. The van der Waals surface area contributed by atoms with Crippen LogP contribution in [-0.2, 0) is 9.05 Å². The van der Waals surface area contributed by atoms with Crippen LogP contribution in [0.25, 0.3) is 0 Å². The molecule has 1 heterocycles. The smallest absolute Gasteiger partial charge is 0.261 e. The van der Waals surface area contributed by atoms with E-state index in [1.807, 2.05) is 5.32 Å². The summed E-state index contributed by atoms with van der Waals surface area (Å²) in [6.07, 6.45) is 2.33. The highest BCUT2D eigenvalue weighted by atomic mass is 35.7. The van der Waals surface area contributed by atoms with Crippen molar-refractivity contribution in [1.29, 1.82) is 0 Å². The molecule has 0 bridgehead atoms. The number of halogens is 3. The summed E-state index contributed by atoms with van der Waals surface area (Å²) in [5.41, 5.74) is -0.765. The lowest BCUT2D eigenvalue weighted by Gasteiger charge is -2.08. The highest BCUT2D eigenvalue weighted by molar-refractivity contribution is 8.13. The number of nitrogens with one attached hydrogen (secondary N) is 1. The monoisotopic (exact) mass is 333 g/mol. The highest BCUT2D eigenvalue weighted by Gasteiger charge is 2.20. The molecule has 0 spiro atoms. The SMILES string of the molecule is O=C(Nc1c(F)cc(S(=O)(=O)Cl)cc1F)c1ccnnc1. The predicted octanol–water partition coefficient (Wildman–Crippen LogP) is 1.93. The molecule has 0 fully saturated rings. The summed E-state index contributed by atoms with van der Waals surface area (Å²) in [7, 11) is 0.709. The lowest BCUT2D eigenvalue weighted by Crippen LogP contribution is -2.15. The second-order valence-electron chi connectivity index (χ2n) is 3.79. The van der Waals surface area contributed by atoms with Crippen LogP contribution in [0.5, 0.6) is 0 Å². The van der Waals surface area contributed by atoms with Gasteiger partial charge >= 0.3 is 0 Å². The van der Waals surface area contributed by atoms with Crippen molar-refractivity contribution in [2.75, 3.05) is 5.32 Å². The maximum Gasteiger partial charge on any atom is 0.261 e. The van der Waals surface area contributed by atoms with Gasteiger partial charge in [-0.2, -0.15) is 10.2 Å². The molecule has 21 heavy (non-hydrogen) atoms. The average molecular weight is 334 g/mol. The Bertz CT molecular complexity index is 777. The third-order valence-corrected chi connectivity index (χ3v) is 3.72. The van der Waals surface area contributed by atoms with Gasteiger partial charge in [-0.3, -0.25) is 4.79 Å². The van der Waals surface area contributed by atoms with Crippen LogP contribution in [0.4, 0.5) is 14.5 Å². The minimum atomic E-state index is -4.28. The summed E-state index contributed by atoms with van der Waals surface area (Å²) in [6, 6.07) is 2.30. The summed E-state index contributed by atoms with van der Waals surface area (Å²) in [6.45, 7) is 0. The van der Waals surface area contributed by atoms with E-state index in [4.69, 9.17) is 10.7 Å². The van der Waals surface area contributed by atoms with Gasteiger partial charge in [-0.05, 0) is 18.2 Å². The van der Waals surface area contributed by atoms with E-state index in [9.17, 15) is 22.0 Å². The van der Waals surface area contributed by atoms with E-state index < -0.39 is 37.2 Å². The molecular weight excluding hydrogens is 328 g/mol. The fourth-order valence-electron chi connectivity index (χ4n) is 1.42. The number of hydrogen-bond acceptors (Lipinski definition) is 5. The van der Waals surface area contributed by atoms with Crippen LogP contribution in [0, 0.1) is 11.6 Å². The summed E-state index contributed by atoms with van der Waals surface area (Å²) in [5.74, 6) is -3.38. The van der Waals surface area contributed by atoms with Crippen molar-refractivity contribution in [3.8, 4) is 0 Å². The minimum Gasteiger partial charge on any atom is -0.317 e. The number of hydrogen-bond donors (Lipinski definition) is 1. The van der Waals surface area contributed by atoms with Gasteiger partial charge in [0.1, 0.15) is 5.69 Å². The topological polar surface area (TPSA) is 89.0 Å². The van der Waals surface area contributed by atoms with Crippen LogP contribution in [0.15, 0.2) is 35.5 Å². The number of amides is 1. The number of benzene rings is 1. The molecule has 1 aromatic carbocycles. The van der Waals surface area contributed by atoms with E-state index in [0.29, 0.717) is 12.1 Å². The van der Waals surface area contributed by atoms with Crippen molar-refractivity contribution in [2.45, 2.75) is 4.90 Å². The van der Waals surface area contributed by atoms with Crippen molar-refractivity contribution in [3.63, 3.8) is 0 Å². The lowest BCUT2D eigenvalue weighted by atomic mass is 10.2. The van der Waals surface area contributed by atoms with Crippen molar-refractivity contribution in [2.24, 2.45) is 0 Å². The fraction of sp³-hybridized carbons (Fsp3) is 0. The molecule has 2 rings (SSSR count). The van der Waals surface area contributed by atoms with Crippen LogP contribution in [-0.4, -0.2) is 24.5 Å². The van der Waals surface area contributed by atoms with Gasteiger partial charge in [0.05, 0.1) is 22.9 Å². The molecule has 0 unspecified atom stereocenters. The van der Waals surface area contributed by atoms with Crippen LogP contribution in [0.2, 0.25) is 0 Å². The molecule has 0 atom stereocenters. The lowest BCUT2D eigenvalue weighted by molar-refractivity contribution is 0.102.